The van der Waals surface area contributed by atoms with Crippen molar-refractivity contribution in [3.05, 3.63) is 35.4 Å². The first-order chi connectivity index (χ1) is 8.66. The molecule has 0 saturated carbocycles. The third-order valence-electron chi connectivity index (χ3n) is 3.77. The molecule has 100 valence electrons. The summed E-state index contributed by atoms with van der Waals surface area (Å²) in [5.74, 6) is 1.08. The van der Waals surface area contributed by atoms with Gasteiger partial charge in [-0.15, -0.1) is 0 Å². The Labute approximate surface area is 110 Å². The maximum atomic E-state index is 10.5. The largest absolute Gasteiger partial charge is 0.388 e. The van der Waals surface area contributed by atoms with E-state index in [4.69, 9.17) is 0 Å². The Bertz CT molecular complexity index is 369. The van der Waals surface area contributed by atoms with Crippen molar-refractivity contribution >= 4 is 0 Å². The summed E-state index contributed by atoms with van der Waals surface area (Å²) in [6.07, 6.45) is 2.96. The van der Waals surface area contributed by atoms with Crippen molar-refractivity contribution in [2.45, 2.75) is 39.2 Å². The highest BCUT2D eigenvalue weighted by Crippen LogP contribution is 2.29. The SMILES string of the molecule is CC(C)Cc1cccc(C(O)C2CCNCC2)c1. The van der Waals surface area contributed by atoms with Crippen molar-refractivity contribution in [3.8, 4) is 0 Å². The summed E-state index contributed by atoms with van der Waals surface area (Å²) >= 11 is 0. The molecule has 1 unspecified atom stereocenters. The van der Waals surface area contributed by atoms with Gasteiger partial charge in [0.2, 0.25) is 0 Å². The van der Waals surface area contributed by atoms with Gasteiger partial charge in [0, 0.05) is 0 Å². The van der Waals surface area contributed by atoms with Crippen LogP contribution >= 0.6 is 0 Å². The molecule has 0 spiro atoms. The number of aliphatic hydroxyl groups excluding tert-OH is 1. The number of hydrogen-bond acceptors (Lipinski definition) is 2. The van der Waals surface area contributed by atoms with Gasteiger partial charge in [0.05, 0.1) is 6.10 Å². The van der Waals surface area contributed by atoms with E-state index in [1.165, 1.54) is 5.56 Å². The molecular formula is C16H25NO. The first kappa shape index (κ1) is 13.6. The van der Waals surface area contributed by atoms with Gasteiger partial charge >= 0.3 is 0 Å². The average molecular weight is 247 g/mol. The standard InChI is InChI=1S/C16H25NO/c1-12(2)10-13-4-3-5-15(11-13)16(18)14-6-8-17-9-7-14/h3-5,11-12,14,16-18H,6-10H2,1-2H3. The van der Waals surface area contributed by atoms with E-state index < -0.39 is 0 Å². The molecule has 1 aliphatic rings. The fraction of sp³-hybridized carbons (Fsp3) is 0.625. The predicted molar refractivity (Wildman–Crippen MR) is 75.5 cm³/mol. The normalized spacial score (nSPS) is 19.1. The minimum Gasteiger partial charge on any atom is -0.388 e. The zero-order valence-electron chi connectivity index (χ0n) is 11.5. The molecule has 0 radical (unpaired) electrons. The molecule has 1 aliphatic heterocycles. The van der Waals surface area contributed by atoms with Gasteiger partial charge in [-0.25, -0.2) is 0 Å². The van der Waals surface area contributed by atoms with Crippen LogP contribution in [0.3, 0.4) is 0 Å². The maximum absolute atomic E-state index is 10.5. The monoisotopic (exact) mass is 247 g/mol. The Morgan fingerprint density at radius 2 is 2.00 bits per heavy atom. The Hall–Kier alpha value is -0.860. The van der Waals surface area contributed by atoms with Crippen molar-refractivity contribution in [1.29, 1.82) is 0 Å². The second-order valence-electron chi connectivity index (χ2n) is 5.88. The molecule has 1 fully saturated rings. The molecule has 0 aliphatic carbocycles. The lowest BCUT2D eigenvalue weighted by Crippen LogP contribution is -2.30. The number of benzene rings is 1. The van der Waals surface area contributed by atoms with E-state index in [0.717, 1.165) is 37.9 Å². The van der Waals surface area contributed by atoms with Crippen molar-refractivity contribution in [3.63, 3.8) is 0 Å². The summed E-state index contributed by atoms with van der Waals surface area (Å²) in [4.78, 5) is 0. The van der Waals surface area contributed by atoms with E-state index >= 15 is 0 Å². The lowest BCUT2D eigenvalue weighted by Gasteiger charge is -2.27. The van der Waals surface area contributed by atoms with Gasteiger partial charge in [-0.2, -0.15) is 0 Å². The number of aliphatic hydroxyl groups is 1. The van der Waals surface area contributed by atoms with Crippen LogP contribution in [0.2, 0.25) is 0 Å². The third-order valence-corrected chi connectivity index (χ3v) is 3.77. The smallest absolute Gasteiger partial charge is 0.0819 e. The quantitative estimate of drug-likeness (QED) is 0.857. The lowest BCUT2D eigenvalue weighted by atomic mass is 9.87. The van der Waals surface area contributed by atoms with Crippen LogP contribution in [0.4, 0.5) is 0 Å². The molecule has 2 rings (SSSR count). The van der Waals surface area contributed by atoms with E-state index in [2.05, 4.69) is 43.4 Å². The van der Waals surface area contributed by atoms with Crippen LogP contribution in [-0.4, -0.2) is 18.2 Å². The molecule has 2 heteroatoms. The summed E-state index contributed by atoms with van der Waals surface area (Å²) in [5, 5.41) is 13.8. The van der Waals surface area contributed by atoms with Gasteiger partial charge in [-0.1, -0.05) is 38.1 Å². The molecular weight excluding hydrogens is 222 g/mol. The van der Waals surface area contributed by atoms with Crippen LogP contribution < -0.4 is 5.32 Å². The highest BCUT2D eigenvalue weighted by atomic mass is 16.3. The third kappa shape index (κ3) is 3.56. The summed E-state index contributed by atoms with van der Waals surface area (Å²) in [7, 11) is 0. The van der Waals surface area contributed by atoms with Crippen LogP contribution in [0, 0.1) is 11.8 Å². The van der Waals surface area contributed by atoms with Crippen molar-refractivity contribution < 1.29 is 5.11 Å². The van der Waals surface area contributed by atoms with Gasteiger partial charge in [0.15, 0.2) is 0 Å². The van der Waals surface area contributed by atoms with Gasteiger partial charge in [0.25, 0.3) is 0 Å². The average Bonchev–Trinajstić information content (AvgIpc) is 2.38. The Morgan fingerprint density at radius 3 is 2.67 bits per heavy atom. The van der Waals surface area contributed by atoms with Gasteiger partial charge in [0.1, 0.15) is 0 Å². The van der Waals surface area contributed by atoms with Crippen molar-refractivity contribution in [2.24, 2.45) is 11.8 Å². The van der Waals surface area contributed by atoms with E-state index in [0.29, 0.717) is 11.8 Å². The highest BCUT2D eigenvalue weighted by Gasteiger charge is 2.22. The molecule has 0 aromatic heterocycles. The minimum atomic E-state index is -0.292. The maximum Gasteiger partial charge on any atom is 0.0819 e. The number of rotatable bonds is 4. The molecule has 0 amide bonds. The van der Waals surface area contributed by atoms with E-state index in [9.17, 15) is 5.11 Å². The Kier molecular flexibility index (Phi) is 4.79. The predicted octanol–water partition coefficient (Wildman–Crippen LogP) is 2.92. The highest BCUT2D eigenvalue weighted by molar-refractivity contribution is 5.26. The second kappa shape index (κ2) is 6.35. The summed E-state index contributed by atoms with van der Waals surface area (Å²) in [6, 6.07) is 8.50. The topological polar surface area (TPSA) is 32.3 Å². The number of nitrogens with one attached hydrogen (secondary N) is 1. The van der Waals surface area contributed by atoms with Gasteiger partial charge in [-0.3, -0.25) is 0 Å². The number of piperidine rings is 1. The van der Waals surface area contributed by atoms with Crippen molar-refractivity contribution in [2.75, 3.05) is 13.1 Å². The van der Waals surface area contributed by atoms with Gasteiger partial charge in [-0.05, 0) is 55.3 Å². The Morgan fingerprint density at radius 1 is 1.28 bits per heavy atom. The van der Waals surface area contributed by atoms with E-state index in [1.54, 1.807) is 0 Å². The molecule has 0 bridgehead atoms. The molecule has 2 N–H and O–H groups in total. The molecule has 1 aromatic carbocycles. The molecule has 1 saturated heterocycles. The molecule has 2 nitrogen and oxygen atoms in total. The molecule has 18 heavy (non-hydrogen) atoms. The summed E-state index contributed by atoms with van der Waals surface area (Å²) in [5.41, 5.74) is 2.44. The fourth-order valence-corrected chi connectivity index (χ4v) is 2.81. The summed E-state index contributed by atoms with van der Waals surface area (Å²) < 4.78 is 0. The van der Waals surface area contributed by atoms with Crippen LogP contribution in [0.15, 0.2) is 24.3 Å². The molecule has 1 heterocycles. The van der Waals surface area contributed by atoms with Crippen LogP contribution in [0.1, 0.15) is 43.9 Å². The first-order valence-corrected chi connectivity index (χ1v) is 7.14. The van der Waals surface area contributed by atoms with E-state index in [1.807, 2.05) is 0 Å². The number of hydrogen-bond donors (Lipinski definition) is 2. The zero-order chi connectivity index (χ0) is 13.0. The fourth-order valence-electron chi connectivity index (χ4n) is 2.81. The molecule has 1 aromatic rings. The first-order valence-electron chi connectivity index (χ1n) is 7.14. The van der Waals surface area contributed by atoms with Crippen LogP contribution in [0.25, 0.3) is 0 Å². The summed E-state index contributed by atoms with van der Waals surface area (Å²) in [6.45, 7) is 6.53. The minimum absolute atomic E-state index is 0.292. The molecule has 1 atom stereocenters. The second-order valence-corrected chi connectivity index (χ2v) is 5.88. The Balaban J connectivity index is 2.06. The van der Waals surface area contributed by atoms with E-state index in [-0.39, 0.29) is 6.10 Å². The zero-order valence-corrected chi connectivity index (χ0v) is 11.5. The lowest BCUT2D eigenvalue weighted by molar-refractivity contribution is 0.0888. The van der Waals surface area contributed by atoms with Crippen molar-refractivity contribution in [1.82, 2.24) is 5.32 Å². The van der Waals surface area contributed by atoms with Gasteiger partial charge < -0.3 is 10.4 Å². The van der Waals surface area contributed by atoms with Crippen LogP contribution in [0.5, 0.6) is 0 Å². The van der Waals surface area contributed by atoms with Crippen LogP contribution in [-0.2, 0) is 6.42 Å².